The van der Waals surface area contributed by atoms with E-state index in [4.69, 9.17) is 10.00 Å². The molecular formula is C10H8INO. The number of hydrogen-bond acceptors (Lipinski definition) is 2. The Kier molecular flexibility index (Phi) is 2.40. The van der Waals surface area contributed by atoms with Gasteiger partial charge in [-0.05, 0) is 53.6 Å². The highest BCUT2D eigenvalue weighted by molar-refractivity contribution is 14.1. The van der Waals surface area contributed by atoms with E-state index in [0.29, 0.717) is 11.7 Å². The minimum absolute atomic E-state index is 0.418. The summed E-state index contributed by atoms with van der Waals surface area (Å²) in [6.45, 7) is 0. The Morgan fingerprint density at radius 3 is 2.77 bits per heavy atom. The van der Waals surface area contributed by atoms with Crippen LogP contribution in [0.2, 0.25) is 0 Å². The summed E-state index contributed by atoms with van der Waals surface area (Å²) in [5.41, 5.74) is 0.688. The zero-order valence-corrected chi connectivity index (χ0v) is 9.11. The molecule has 2 rings (SSSR count). The van der Waals surface area contributed by atoms with Gasteiger partial charge in [0, 0.05) is 0 Å². The quantitative estimate of drug-likeness (QED) is 0.783. The van der Waals surface area contributed by atoms with E-state index in [1.807, 2.05) is 12.1 Å². The topological polar surface area (TPSA) is 33.0 Å². The van der Waals surface area contributed by atoms with Gasteiger partial charge >= 0.3 is 0 Å². The molecular weight excluding hydrogens is 277 g/mol. The summed E-state index contributed by atoms with van der Waals surface area (Å²) in [5.74, 6) is 0.905. The van der Waals surface area contributed by atoms with Crippen LogP contribution in [0.1, 0.15) is 18.4 Å². The molecule has 0 spiro atoms. The van der Waals surface area contributed by atoms with E-state index >= 15 is 0 Å². The van der Waals surface area contributed by atoms with Gasteiger partial charge in [0.15, 0.2) is 0 Å². The van der Waals surface area contributed by atoms with Crippen molar-refractivity contribution in [3.63, 3.8) is 0 Å². The zero-order valence-electron chi connectivity index (χ0n) is 6.96. The van der Waals surface area contributed by atoms with Crippen LogP contribution in [0.5, 0.6) is 5.75 Å². The van der Waals surface area contributed by atoms with Gasteiger partial charge in [-0.2, -0.15) is 5.26 Å². The van der Waals surface area contributed by atoms with Crippen molar-refractivity contribution < 1.29 is 4.74 Å². The van der Waals surface area contributed by atoms with E-state index in [0.717, 1.165) is 22.2 Å². The molecule has 0 bridgehead atoms. The van der Waals surface area contributed by atoms with Crippen LogP contribution in [0, 0.1) is 14.9 Å². The van der Waals surface area contributed by atoms with Gasteiger partial charge in [-0.25, -0.2) is 0 Å². The first-order valence-electron chi connectivity index (χ1n) is 4.16. The van der Waals surface area contributed by atoms with Crippen molar-refractivity contribution in [1.29, 1.82) is 5.26 Å². The molecule has 2 nitrogen and oxygen atoms in total. The SMILES string of the molecule is N#Cc1ccc(OC2CC2)c(I)c1. The highest BCUT2D eigenvalue weighted by Gasteiger charge is 2.24. The lowest BCUT2D eigenvalue weighted by Gasteiger charge is -2.05. The predicted molar refractivity (Wildman–Crippen MR) is 57.5 cm³/mol. The van der Waals surface area contributed by atoms with E-state index < -0.39 is 0 Å². The van der Waals surface area contributed by atoms with Crippen molar-refractivity contribution in [2.75, 3.05) is 0 Å². The fraction of sp³-hybridized carbons (Fsp3) is 0.300. The average Bonchev–Trinajstić information content (AvgIpc) is 2.92. The molecule has 0 aliphatic heterocycles. The first-order valence-corrected chi connectivity index (χ1v) is 5.24. The molecule has 1 aromatic rings. The molecule has 0 unspecified atom stereocenters. The van der Waals surface area contributed by atoms with Crippen LogP contribution in [-0.4, -0.2) is 6.10 Å². The third kappa shape index (κ3) is 2.13. The number of hydrogen-bond donors (Lipinski definition) is 0. The molecule has 13 heavy (non-hydrogen) atoms. The zero-order chi connectivity index (χ0) is 9.26. The minimum atomic E-state index is 0.418. The maximum Gasteiger partial charge on any atom is 0.133 e. The fourth-order valence-corrected chi connectivity index (χ4v) is 1.67. The molecule has 1 saturated carbocycles. The lowest BCUT2D eigenvalue weighted by Crippen LogP contribution is -1.97. The molecule has 0 heterocycles. The van der Waals surface area contributed by atoms with Crippen LogP contribution in [0.3, 0.4) is 0 Å². The third-order valence-corrected chi connectivity index (χ3v) is 2.72. The van der Waals surface area contributed by atoms with Crippen molar-refractivity contribution in [3.05, 3.63) is 27.3 Å². The van der Waals surface area contributed by atoms with Gasteiger partial charge < -0.3 is 4.74 Å². The maximum absolute atomic E-state index is 8.65. The second kappa shape index (κ2) is 3.54. The first-order chi connectivity index (χ1) is 6.29. The average molecular weight is 285 g/mol. The van der Waals surface area contributed by atoms with Gasteiger partial charge in [0.1, 0.15) is 5.75 Å². The Labute approximate surface area is 90.7 Å². The number of rotatable bonds is 2. The van der Waals surface area contributed by atoms with Gasteiger partial charge in [0.2, 0.25) is 0 Å². The summed E-state index contributed by atoms with van der Waals surface area (Å²) in [7, 11) is 0. The van der Waals surface area contributed by atoms with Gasteiger partial charge in [-0.1, -0.05) is 0 Å². The molecule has 0 amide bonds. The highest BCUT2D eigenvalue weighted by atomic mass is 127. The molecule has 1 aliphatic carbocycles. The second-order valence-corrected chi connectivity index (χ2v) is 4.24. The van der Waals surface area contributed by atoms with Crippen molar-refractivity contribution in [1.82, 2.24) is 0 Å². The lowest BCUT2D eigenvalue weighted by atomic mass is 10.2. The van der Waals surface area contributed by atoms with E-state index in [2.05, 4.69) is 28.7 Å². The molecule has 1 aromatic carbocycles. The molecule has 0 N–H and O–H groups in total. The molecule has 1 aliphatic rings. The van der Waals surface area contributed by atoms with Crippen molar-refractivity contribution >= 4 is 22.6 Å². The summed E-state index contributed by atoms with van der Waals surface area (Å²) >= 11 is 2.19. The van der Waals surface area contributed by atoms with Gasteiger partial charge in [0.25, 0.3) is 0 Å². The summed E-state index contributed by atoms with van der Waals surface area (Å²) in [6.07, 6.45) is 2.74. The monoisotopic (exact) mass is 285 g/mol. The lowest BCUT2D eigenvalue weighted by molar-refractivity contribution is 0.301. The Balaban J connectivity index is 2.21. The van der Waals surface area contributed by atoms with E-state index in [9.17, 15) is 0 Å². The normalized spacial score (nSPS) is 15.1. The molecule has 0 radical (unpaired) electrons. The van der Waals surface area contributed by atoms with Crippen molar-refractivity contribution in [2.24, 2.45) is 0 Å². The van der Waals surface area contributed by atoms with Crippen LogP contribution in [0.4, 0.5) is 0 Å². The van der Waals surface area contributed by atoms with E-state index in [1.165, 1.54) is 0 Å². The number of nitrogens with zero attached hydrogens (tertiary/aromatic N) is 1. The summed E-state index contributed by atoms with van der Waals surface area (Å²) in [5, 5.41) is 8.65. The van der Waals surface area contributed by atoms with Crippen molar-refractivity contribution in [3.8, 4) is 11.8 Å². The number of nitriles is 1. The predicted octanol–water partition coefficient (Wildman–Crippen LogP) is 2.70. The number of benzene rings is 1. The van der Waals surface area contributed by atoms with Crippen LogP contribution in [-0.2, 0) is 0 Å². The van der Waals surface area contributed by atoms with Gasteiger partial charge in [0.05, 0.1) is 21.3 Å². The smallest absolute Gasteiger partial charge is 0.133 e. The Bertz CT molecular complexity index is 366. The van der Waals surface area contributed by atoms with Gasteiger partial charge in [-0.15, -0.1) is 0 Å². The Morgan fingerprint density at radius 2 is 2.23 bits per heavy atom. The summed E-state index contributed by atoms with van der Waals surface area (Å²) < 4.78 is 6.66. The van der Waals surface area contributed by atoms with Crippen LogP contribution in [0.15, 0.2) is 18.2 Å². The summed E-state index contributed by atoms with van der Waals surface area (Å²) in [6, 6.07) is 7.61. The molecule has 0 saturated heterocycles. The molecule has 0 aromatic heterocycles. The van der Waals surface area contributed by atoms with E-state index in [-0.39, 0.29) is 0 Å². The van der Waals surface area contributed by atoms with Crippen LogP contribution in [0.25, 0.3) is 0 Å². The summed E-state index contributed by atoms with van der Waals surface area (Å²) in [4.78, 5) is 0. The fourth-order valence-electron chi connectivity index (χ4n) is 1.03. The standard InChI is InChI=1S/C10H8INO/c11-9-5-7(6-12)1-4-10(9)13-8-2-3-8/h1,4-5,8H,2-3H2. The first kappa shape index (κ1) is 8.82. The number of halogens is 1. The highest BCUT2D eigenvalue weighted by Crippen LogP contribution is 2.30. The Morgan fingerprint density at radius 1 is 1.46 bits per heavy atom. The largest absolute Gasteiger partial charge is 0.489 e. The molecule has 3 heteroatoms. The van der Waals surface area contributed by atoms with E-state index in [1.54, 1.807) is 6.07 Å². The van der Waals surface area contributed by atoms with Crippen LogP contribution >= 0.6 is 22.6 Å². The van der Waals surface area contributed by atoms with Crippen molar-refractivity contribution in [2.45, 2.75) is 18.9 Å². The maximum atomic E-state index is 8.65. The molecule has 1 fully saturated rings. The number of ether oxygens (including phenoxy) is 1. The Hall–Kier alpha value is -0.760. The molecule has 0 atom stereocenters. The molecule has 66 valence electrons. The second-order valence-electron chi connectivity index (χ2n) is 3.07. The minimum Gasteiger partial charge on any atom is -0.489 e. The third-order valence-electron chi connectivity index (χ3n) is 1.88. The van der Waals surface area contributed by atoms with Crippen LogP contribution < -0.4 is 4.74 Å². The van der Waals surface area contributed by atoms with Gasteiger partial charge in [-0.3, -0.25) is 0 Å².